The Morgan fingerprint density at radius 3 is 2.71 bits per heavy atom. The zero-order chi connectivity index (χ0) is 15.4. The number of hydrogen-bond donors (Lipinski definition) is 1. The van der Waals surface area contributed by atoms with Gasteiger partial charge in [0.1, 0.15) is 5.82 Å². The van der Waals surface area contributed by atoms with Crippen molar-refractivity contribution in [3.05, 3.63) is 50.9 Å². The first kappa shape index (κ1) is 16.1. The van der Waals surface area contributed by atoms with E-state index in [1.54, 1.807) is 36.5 Å². The Hall–Kier alpha value is -1.24. The molecule has 21 heavy (non-hydrogen) atoms. The van der Waals surface area contributed by atoms with Crippen LogP contribution in [-0.4, -0.2) is 23.9 Å². The number of rotatable bonds is 5. The number of hydrogen-bond acceptors (Lipinski definition) is 3. The van der Waals surface area contributed by atoms with Gasteiger partial charge in [-0.2, -0.15) is 0 Å². The fourth-order valence-electron chi connectivity index (χ4n) is 1.82. The maximum atomic E-state index is 13.5. The molecular formula is C15H16BrFN2OS. The van der Waals surface area contributed by atoms with E-state index in [1.807, 2.05) is 24.1 Å². The van der Waals surface area contributed by atoms with E-state index >= 15 is 0 Å². The molecule has 0 bridgehead atoms. The van der Waals surface area contributed by atoms with E-state index in [1.165, 1.54) is 6.07 Å². The molecular weight excluding hydrogens is 355 g/mol. The van der Waals surface area contributed by atoms with Crippen molar-refractivity contribution < 1.29 is 9.18 Å². The summed E-state index contributed by atoms with van der Waals surface area (Å²) in [5.41, 5.74) is 0.210. The van der Waals surface area contributed by atoms with Crippen molar-refractivity contribution in [3.8, 4) is 0 Å². The number of likely N-dealkylation sites (N-methyl/N-ethyl adjacent to an activating group) is 1. The van der Waals surface area contributed by atoms with Crippen LogP contribution in [0.2, 0.25) is 0 Å². The minimum absolute atomic E-state index is 0.210. The number of para-hydroxylation sites is 1. The smallest absolute Gasteiger partial charge is 0.241 e. The lowest BCUT2D eigenvalue weighted by molar-refractivity contribution is -0.120. The Balaban J connectivity index is 1.97. The Bertz CT molecular complexity index is 632. The van der Waals surface area contributed by atoms with Crippen LogP contribution in [0.25, 0.3) is 0 Å². The van der Waals surface area contributed by atoms with Crippen molar-refractivity contribution in [2.24, 2.45) is 0 Å². The van der Waals surface area contributed by atoms with Gasteiger partial charge in [-0.3, -0.25) is 9.69 Å². The topological polar surface area (TPSA) is 32.3 Å². The van der Waals surface area contributed by atoms with Gasteiger partial charge in [-0.25, -0.2) is 4.39 Å². The molecule has 0 spiro atoms. The lowest BCUT2D eigenvalue weighted by atomic mass is 10.2. The molecule has 1 amide bonds. The molecule has 1 heterocycles. The first-order valence-corrected chi connectivity index (χ1v) is 8.08. The monoisotopic (exact) mass is 370 g/mol. The van der Waals surface area contributed by atoms with E-state index < -0.39 is 5.82 Å². The highest BCUT2D eigenvalue weighted by Gasteiger charge is 2.19. The molecule has 3 nitrogen and oxygen atoms in total. The van der Waals surface area contributed by atoms with Gasteiger partial charge in [0.2, 0.25) is 5.91 Å². The fraction of sp³-hybridized carbons (Fsp3) is 0.267. The molecule has 0 saturated carbocycles. The van der Waals surface area contributed by atoms with Gasteiger partial charge in [-0.05, 0) is 54.2 Å². The highest BCUT2D eigenvalue weighted by Crippen LogP contribution is 2.23. The van der Waals surface area contributed by atoms with E-state index in [0.717, 1.165) is 8.66 Å². The van der Waals surface area contributed by atoms with Crippen molar-refractivity contribution in [1.82, 2.24) is 4.90 Å². The quantitative estimate of drug-likeness (QED) is 0.858. The lowest BCUT2D eigenvalue weighted by Gasteiger charge is -2.23. The summed E-state index contributed by atoms with van der Waals surface area (Å²) in [7, 11) is 1.87. The Labute approximate surface area is 135 Å². The number of nitrogens with zero attached hydrogens (tertiary/aromatic N) is 1. The molecule has 1 N–H and O–H groups in total. The van der Waals surface area contributed by atoms with Crippen molar-refractivity contribution in [3.63, 3.8) is 0 Å². The molecule has 1 atom stereocenters. The molecule has 0 unspecified atom stereocenters. The second-order valence-corrected chi connectivity index (χ2v) is 7.31. The third-order valence-corrected chi connectivity index (χ3v) is 4.81. The van der Waals surface area contributed by atoms with Gasteiger partial charge in [-0.15, -0.1) is 11.3 Å². The van der Waals surface area contributed by atoms with Crippen molar-refractivity contribution in [2.45, 2.75) is 19.5 Å². The molecule has 1 aromatic heterocycles. The summed E-state index contributed by atoms with van der Waals surface area (Å²) in [4.78, 5) is 15.3. The number of thiophene rings is 1. The maximum Gasteiger partial charge on any atom is 0.241 e. The minimum Gasteiger partial charge on any atom is -0.322 e. The van der Waals surface area contributed by atoms with Gasteiger partial charge in [0, 0.05) is 11.4 Å². The highest BCUT2D eigenvalue weighted by atomic mass is 79.9. The van der Waals surface area contributed by atoms with Gasteiger partial charge < -0.3 is 5.32 Å². The molecule has 1 aromatic carbocycles. The summed E-state index contributed by atoms with van der Waals surface area (Å²) in [5, 5.41) is 2.62. The van der Waals surface area contributed by atoms with Gasteiger partial charge in [0.05, 0.1) is 15.5 Å². The summed E-state index contributed by atoms with van der Waals surface area (Å²) in [5.74, 6) is -0.652. The molecule has 112 valence electrons. The third kappa shape index (κ3) is 4.36. The van der Waals surface area contributed by atoms with E-state index in [2.05, 4.69) is 21.2 Å². The largest absolute Gasteiger partial charge is 0.322 e. The molecule has 2 aromatic rings. The number of anilines is 1. The average molecular weight is 371 g/mol. The minimum atomic E-state index is -0.428. The van der Waals surface area contributed by atoms with Crippen molar-refractivity contribution in [2.75, 3.05) is 12.4 Å². The van der Waals surface area contributed by atoms with Crippen LogP contribution in [0.5, 0.6) is 0 Å². The predicted octanol–water partition coefficient (Wildman–Crippen LogP) is 4.11. The number of nitrogens with one attached hydrogen (secondary N) is 1. The zero-order valence-electron chi connectivity index (χ0n) is 11.8. The van der Waals surface area contributed by atoms with Gasteiger partial charge >= 0.3 is 0 Å². The van der Waals surface area contributed by atoms with E-state index in [4.69, 9.17) is 0 Å². The summed E-state index contributed by atoms with van der Waals surface area (Å²) in [6, 6.07) is 9.81. The fourth-order valence-corrected chi connectivity index (χ4v) is 3.37. The van der Waals surface area contributed by atoms with Crippen LogP contribution in [0.15, 0.2) is 40.2 Å². The maximum absolute atomic E-state index is 13.5. The van der Waals surface area contributed by atoms with Crippen LogP contribution in [0.3, 0.4) is 0 Å². The van der Waals surface area contributed by atoms with Crippen LogP contribution < -0.4 is 5.32 Å². The van der Waals surface area contributed by atoms with Gasteiger partial charge in [-0.1, -0.05) is 12.1 Å². The van der Waals surface area contributed by atoms with Crippen LogP contribution in [0.4, 0.5) is 10.1 Å². The highest BCUT2D eigenvalue weighted by molar-refractivity contribution is 9.11. The summed E-state index contributed by atoms with van der Waals surface area (Å²) < 4.78 is 14.6. The first-order chi connectivity index (χ1) is 9.97. The Morgan fingerprint density at radius 1 is 1.38 bits per heavy atom. The number of carbonyl (C=O) groups is 1. The zero-order valence-corrected chi connectivity index (χ0v) is 14.2. The van der Waals surface area contributed by atoms with E-state index in [0.29, 0.717) is 6.54 Å². The van der Waals surface area contributed by atoms with Crippen LogP contribution in [0.1, 0.15) is 11.8 Å². The molecule has 0 fully saturated rings. The molecule has 0 saturated heterocycles. The standard InChI is InChI=1S/C15H16BrFN2OS/c1-10(19(2)9-11-7-8-14(16)21-11)15(20)18-13-6-4-3-5-12(13)17/h3-8,10H,9H2,1-2H3,(H,18,20)/t10-/m0/s1. The number of carbonyl (C=O) groups excluding carboxylic acids is 1. The SMILES string of the molecule is C[C@@H](C(=O)Nc1ccccc1F)N(C)Cc1ccc(Br)s1. The second kappa shape index (κ2) is 7.15. The van der Waals surface area contributed by atoms with Crippen molar-refractivity contribution in [1.29, 1.82) is 0 Å². The third-order valence-electron chi connectivity index (χ3n) is 3.21. The molecule has 0 radical (unpaired) electrons. The summed E-state index contributed by atoms with van der Waals surface area (Å²) in [6.07, 6.45) is 0. The summed E-state index contributed by atoms with van der Waals surface area (Å²) >= 11 is 5.05. The van der Waals surface area contributed by atoms with E-state index in [-0.39, 0.29) is 17.6 Å². The molecule has 2 rings (SSSR count). The second-order valence-electron chi connectivity index (χ2n) is 4.77. The molecule has 0 aliphatic heterocycles. The van der Waals surface area contributed by atoms with Gasteiger partial charge in [0.25, 0.3) is 0 Å². The van der Waals surface area contributed by atoms with Crippen LogP contribution in [-0.2, 0) is 11.3 Å². The van der Waals surface area contributed by atoms with Crippen molar-refractivity contribution >= 4 is 38.9 Å². The molecule has 6 heteroatoms. The van der Waals surface area contributed by atoms with Crippen LogP contribution >= 0.6 is 27.3 Å². The molecule has 0 aliphatic rings. The number of benzene rings is 1. The average Bonchev–Trinajstić information content (AvgIpc) is 2.85. The Kier molecular flexibility index (Phi) is 5.50. The van der Waals surface area contributed by atoms with E-state index in [9.17, 15) is 9.18 Å². The molecule has 0 aliphatic carbocycles. The first-order valence-electron chi connectivity index (χ1n) is 6.47. The number of halogens is 2. The van der Waals surface area contributed by atoms with Crippen LogP contribution in [0, 0.1) is 5.82 Å². The lowest BCUT2D eigenvalue weighted by Crippen LogP contribution is -2.39. The normalized spacial score (nSPS) is 12.4. The number of amides is 1. The Morgan fingerprint density at radius 2 is 2.10 bits per heavy atom. The summed E-state index contributed by atoms with van der Waals surface area (Å²) in [6.45, 7) is 2.47. The van der Waals surface area contributed by atoms with Gasteiger partial charge in [0.15, 0.2) is 0 Å². The predicted molar refractivity (Wildman–Crippen MR) is 88.0 cm³/mol.